The van der Waals surface area contributed by atoms with Crippen molar-refractivity contribution in [2.45, 2.75) is 25.3 Å². The van der Waals surface area contributed by atoms with E-state index in [2.05, 4.69) is 20.9 Å². The standard InChI is InChI=1S/C29H33FN4O3S/c1-36-26-12-7-20(19-27(26)37-2)13-16-31-28(35)24-5-3-4-6-25(24)34-17-14-23(15-18-34)33-29(38)32-22-10-8-21(30)9-11-22/h3-12,19,23H,13-18H2,1-2H3,(H,31,35)(H2,32,33,38). The van der Waals surface area contributed by atoms with Crippen LogP contribution in [0.4, 0.5) is 15.8 Å². The lowest BCUT2D eigenvalue weighted by Gasteiger charge is -2.35. The Morgan fingerprint density at radius 1 is 1.00 bits per heavy atom. The molecule has 3 aromatic rings. The number of anilines is 2. The van der Waals surface area contributed by atoms with E-state index in [0.717, 1.165) is 42.9 Å². The topological polar surface area (TPSA) is 74.9 Å². The number of para-hydroxylation sites is 1. The summed E-state index contributed by atoms with van der Waals surface area (Å²) in [4.78, 5) is 15.3. The van der Waals surface area contributed by atoms with Crippen LogP contribution >= 0.6 is 12.2 Å². The van der Waals surface area contributed by atoms with Crippen LogP contribution in [0, 0.1) is 5.82 Å². The van der Waals surface area contributed by atoms with Crippen molar-refractivity contribution in [3.05, 3.63) is 83.7 Å². The second kappa shape index (κ2) is 13.1. The number of halogens is 1. The Morgan fingerprint density at radius 3 is 2.42 bits per heavy atom. The molecule has 0 aliphatic carbocycles. The van der Waals surface area contributed by atoms with Gasteiger partial charge in [0.2, 0.25) is 0 Å². The van der Waals surface area contributed by atoms with E-state index in [1.165, 1.54) is 12.1 Å². The number of carbonyl (C=O) groups is 1. The lowest BCUT2D eigenvalue weighted by Crippen LogP contribution is -2.46. The molecule has 1 heterocycles. The van der Waals surface area contributed by atoms with Crippen molar-refractivity contribution in [3.8, 4) is 11.5 Å². The van der Waals surface area contributed by atoms with Crippen LogP contribution in [0.3, 0.4) is 0 Å². The van der Waals surface area contributed by atoms with Gasteiger partial charge >= 0.3 is 0 Å². The van der Waals surface area contributed by atoms with Crippen molar-refractivity contribution >= 4 is 34.6 Å². The van der Waals surface area contributed by atoms with E-state index in [1.807, 2.05) is 42.5 Å². The molecule has 9 heteroatoms. The number of benzene rings is 3. The Bertz CT molecular complexity index is 1250. The highest BCUT2D eigenvalue weighted by atomic mass is 32.1. The van der Waals surface area contributed by atoms with E-state index in [0.29, 0.717) is 35.1 Å². The van der Waals surface area contributed by atoms with Crippen LogP contribution in [0.25, 0.3) is 0 Å². The Kier molecular flexibility index (Phi) is 9.37. The average Bonchev–Trinajstić information content (AvgIpc) is 2.94. The van der Waals surface area contributed by atoms with Crippen LogP contribution in [-0.2, 0) is 6.42 Å². The van der Waals surface area contributed by atoms with Gasteiger partial charge in [-0.3, -0.25) is 4.79 Å². The number of hydrogen-bond acceptors (Lipinski definition) is 5. The molecule has 1 aliphatic heterocycles. The molecule has 4 rings (SSSR count). The quantitative estimate of drug-likeness (QED) is 0.340. The molecular formula is C29H33FN4O3S. The molecule has 1 saturated heterocycles. The van der Waals surface area contributed by atoms with Crippen molar-refractivity contribution in [3.63, 3.8) is 0 Å². The third-order valence-corrected chi connectivity index (χ3v) is 6.79. The predicted molar refractivity (Wildman–Crippen MR) is 153 cm³/mol. The summed E-state index contributed by atoms with van der Waals surface area (Å²) in [5.74, 6) is 0.977. The smallest absolute Gasteiger partial charge is 0.253 e. The molecule has 7 nitrogen and oxygen atoms in total. The van der Waals surface area contributed by atoms with Crippen molar-refractivity contribution in [2.75, 3.05) is 44.1 Å². The number of nitrogens with one attached hydrogen (secondary N) is 3. The van der Waals surface area contributed by atoms with E-state index < -0.39 is 0 Å². The van der Waals surface area contributed by atoms with Gasteiger partial charge in [0.15, 0.2) is 16.6 Å². The molecule has 0 aromatic heterocycles. The summed E-state index contributed by atoms with van der Waals surface area (Å²) in [6.45, 7) is 2.10. The van der Waals surface area contributed by atoms with Gasteiger partial charge in [0.05, 0.1) is 19.8 Å². The molecule has 3 aromatic carbocycles. The van der Waals surface area contributed by atoms with E-state index in [9.17, 15) is 9.18 Å². The second-order valence-corrected chi connectivity index (χ2v) is 9.49. The van der Waals surface area contributed by atoms with Crippen molar-refractivity contribution in [2.24, 2.45) is 0 Å². The van der Waals surface area contributed by atoms with Gasteiger partial charge in [-0.25, -0.2) is 4.39 Å². The predicted octanol–water partition coefficient (Wildman–Crippen LogP) is 4.77. The number of rotatable bonds is 9. The van der Waals surface area contributed by atoms with E-state index in [-0.39, 0.29) is 17.8 Å². The summed E-state index contributed by atoms with van der Waals surface area (Å²) < 4.78 is 23.8. The minimum absolute atomic E-state index is 0.0917. The van der Waals surface area contributed by atoms with Crippen LogP contribution < -0.4 is 30.3 Å². The molecule has 3 N–H and O–H groups in total. The van der Waals surface area contributed by atoms with Gasteiger partial charge in [-0.15, -0.1) is 0 Å². The number of methoxy groups -OCH3 is 2. The number of carbonyl (C=O) groups excluding carboxylic acids is 1. The maximum atomic E-state index is 13.1. The third-order valence-electron chi connectivity index (χ3n) is 6.57. The van der Waals surface area contributed by atoms with Crippen LogP contribution in [0.2, 0.25) is 0 Å². The Hall–Kier alpha value is -3.85. The average molecular weight is 537 g/mol. The summed E-state index contributed by atoms with van der Waals surface area (Å²) in [5.41, 5.74) is 3.39. The SMILES string of the molecule is COc1ccc(CCNC(=O)c2ccccc2N2CCC(NC(=S)Nc3ccc(F)cc3)CC2)cc1OC. The fourth-order valence-electron chi connectivity index (χ4n) is 4.54. The van der Waals surface area contributed by atoms with Crippen LogP contribution in [-0.4, -0.2) is 50.9 Å². The number of hydrogen-bond donors (Lipinski definition) is 3. The first-order valence-electron chi connectivity index (χ1n) is 12.6. The van der Waals surface area contributed by atoms with Gasteiger partial charge in [0, 0.05) is 37.1 Å². The summed E-state index contributed by atoms with van der Waals surface area (Å²) in [5, 5.41) is 10.0. The zero-order chi connectivity index (χ0) is 26.9. The summed E-state index contributed by atoms with van der Waals surface area (Å²) in [6, 6.07) is 19.8. The molecule has 0 atom stereocenters. The summed E-state index contributed by atoms with van der Waals surface area (Å²) in [6.07, 6.45) is 2.43. The van der Waals surface area contributed by atoms with Gasteiger partial charge < -0.3 is 30.3 Å². The van der Waals surface area contributed by atoms with E-state index in [1.54, 1.807) is 26.4 Å². The molecule has 1 fully saturated rings. The molecule has 0 radical (unpaired) electrons. The molecular weight excluding hydrogens is 503 g/mol. The lowest BCUT2D eigenvalue weighted by molar-refractivity contribution is 0.0954. The van der Waals surface area contributed by atoms with Crippen LogP contribution in [0.15, 0.2) is 66.7 Å². The first kappa shape index (κ1) is 27.2. The zero-order valence-electron chi connectivity index (χ0n) is 21.6. The fourth-order valence-corrected chi connectivity index (χ4v) is 4.83. The molecule has 200 valence electrons. The number of amides is 1. The second-order valence-electron chi connectivity index (χ2n) is 9.08. The van der Waals surface area contributed by atoms with Gasteiger partial charge in [-0.1, -0.05) is 18.2 Å². The molecule has 0 unspecified atom stereocenters. The number of thiocarbonyl (C=S) groups is 1. The van der Waals surface area contributed by atoms with Gasteiger partial charge in [-0.05, 0) is 85.6 Å². The Labute approximate surface area is 228 Å². The molecule has 38 heavy (non-hydrogen) atoms. The monoisotopic (exact) mass is 536 g/mol. The van der Waals surface area contributed by atoms with Gasteiger partial charge in [-0.2, -0.15) is 0 Å². The molecule has 1 amide bonds. The normalized spacial score (nSPS) is 13.5. The van der Waals surface area contributed by atoms with Crippen LogP contribution in [0.5, 0.6) is 11.5 Å². The zero-order valence-corrected chi connectivity index (χ0v) is 22.4. The highest BCUT2D eigenvalue weighted by molar-refractivity contribution is 7.80. The highest BCUT2D eigenvalue weighted by Gasteiger charge is 2.23. The van der Waals surface area contributed by atoms with E-state index >= 15 is 0 Å². The first-order valence-corrected chi connectivity index (χ1v) is 13.0. The maximum Gasteiger partial charge on any atom is 0.253 e. The molecule has 1 aliphatic rings. The number of piperidine rings is 1. The largest absolute Gasteiger partial charge is 0.493 e. The van der Waals surface area contributed by atoms with Gasteiger partial charge in [0.25, 0.3) is 5.91 Å². The summed E-state index contributed by atoms with van der Waals surface area (Å²) in [7, 11) is 3.22. The Balaban J connectivity index is 1.28. The highest BCUT2D eigenvalue weighted by Crippen LogP contribution is 2.28. The molecule has 0 bridgehead atoms. The molecule has 0 saturated carbocycles. The lowest BCUT2D eigenvalue weighted by atomic mass is 10.0. The van der Waals surface area contributed by atoms with Crippen molar-refractivity contribution in [1.29, 1.82) is 0 Å². The van der Waals surface area contributed by atoms with Crippen molar-refractivity contribution in [1.82, 2.24) is 10.6 Å². The van der Waals surface area contributed by atoms with Gasteiger partial charge in [0.1, 0.15) is 5.82 Å². The van der Waals surface area contributed by atoms with Crippen LogP contribution in [0.1, 0.15) is 28.8 Å². The first-order chi connectivity index (χ1) is 18.5. The third kappa shape index (κ3) is 7.13. The maximum absolute atomic E-state index is 13.1. The number of nitrogens with zero attached hydrogens (tertiary/aromatic N) is 1. The summed E-state index contributed by atoms with van der Waals surface area (Å²) >= 11 is 5.43. The fraction of sp³-hybridized carbons (Fsp3) is 0.310. The minimum Gasteiger partial charge on any atom is -0.493 e. The Morgan fingerprint density at radius 2 is 1.71 bits per heavy atom. The molecule has 0 spiro atoms. The number of ether oxygens (including phenoxy) is 2. The van der Waals surface area contributed by atoms with Crippen molar-refractivity contribution < 1.29 is 18.7 Å². The van der Waals surface area contributed by atoms with E-state index in [4.69, 9.17) is 21.7 Å². The minimum atomic E-state index is -0.284.